The maximum Gasteiger partial charge on any atom is 0.278 e. The van der Waals surface area contributed by atoms with Crippen molar-refractivity contribution >= 4 is 22.7 Å². The molecule has 1 aliphatic carbocycles. The Hall–Kier alpha value is -3.63. The fourth-order valence-corrected chi connectivity index (χ4v) is 5.51. The first-order valence-corrected chi connectivity index (χ1v) is 13.1. The van der Waals surface area contributed by atoms with E-state index in [1.807, 2.05) is 19.9 Å². The van der Waals surface area contributed by atoms with Crippen LogP contribution in [-0.4, -0.2) is 42.6 Å². The Balaban J connectivity index is 1.45. The molecule has 0 atom stereocenters. The molecule has 1 aliphatic heterocycles. The number of fused-ring (bicyclic) bond motifs is 2. The van der Waals surface area contributed by atoms with Crippen molar-refractivity contribution in [2.75, 3.05) is 18.5 Å². The van der Waals surface area contributed by atoms with Crippen LogP contribution in [0.1, 0.15) is 63.4 Å². The highest BCUT2D eigenvalue weighted by atomic mass is 19.1. The summed E-state index contributed by atoms with van der Waals surface area (Å²) in [5, 5.41) is 17.1. The monoisotopic (exact) mass is 517 g/mol. The van der Waals surface area contributed by atoms with Crippen molar-refractivity contribution < 1.29 is 9.50 Å². The zero-order chi connectivity index (χ0) is 26.8. The molecule has 3 N–H and O–H groups in total. The molecule has 1 saturated carbocycles. The molecule has 6 rings (SSSR count). The fraction of sp³-hybridized carbons (Fsp3) is 0.429. The molecule has 0 saturated heterocycles. The minimum absolute atomic E-state index is 0.0898. The van der Waals surface area contributed by atoms with Gasteiger partial charge in [-0.1, -0.05) is 6.07 Å². The van der Waals surface area contributed by atoms with E-state index in [1.54, 1.807) is 15.4 Å². The van der Waals surface area contributed by atoms with Crippen LogP contribution < -0.4 is 16.2 Å². The quantitative estimate of drug-likeness (QED) is 0.356. The lowest BCUT2D eigenvalue weighted by molar-refractivity contribution is 0.249. The van der Waals surface area contributed by atoms with Gasteiger partial charge in [0.05, 0.1) is 12.3 Å². The molecular weight excluding hydrogens is 485 g/mol. The van der Waals surface area contributed by atoms with E-state index >= 15 is 0 Å². The van der Waals surface area contributed by atoms with E-state index in [4.69, 9.17) is 4.98 Å². The molecule has 9 nitrogen and oxygen atoms in total. The van der Waals surface area contributed by atoms with Crippen molar-refractivity contribution in [1.82, 2.24) is 29.6 Å². The highest BCUT2D eigenvalue weighted by molar-refractivity contribution is 5.77. The van der Waals surface area contributed by atoms with E-state index in [0.717, 1.165) is 18.7 Å². The largest absolute Gasteiger partial charge is 0.395 e. The number of nitrogens with zero attached hydrogens (tertiary/aromatic N) is 5. The summed E-state index contributed by atoms with van der Waals surface area (Å²) in [5.74, 6) is 0.254. The average molecular weight is 518 g/mol. The normalized spacial score (nSPS) is 17.6. The maximum absolute atomic E-state index is 14.8. The van der Waals surface area contributed by atoms with Crippen LogP contribution in [0.5, 0.6) is 0 Å². The van der Waals surface area contributed by atoms with Crippen molar-refractivity contribution in [3.05, 3.63) is 69.5 Å². The highest BCUT2D eigenvalue weighted by Crippen LogP contribution is 2.47. The zero-order valence-electron chi connectivity index (χ0n) is 22.0. The topological polar surface area (TPSA) is 110 Å². The minimum atomic E-state index is -0.662. The Morgan fingerprint density at radius 3 is 2.68 bits per heavy atom. The number of aliphatic hydroxyl groups excluding tert-OH is 1. The summed E-state index contributed by atoms with van der Waals surface area (Å²) in [6.45, 7) is 8.88. The second-order valence-corrected chi connectivity index (χ2v) is 11.2. The number of aromatic nitrogens is 5. The lowest BCUT2D eigenvalue weighted by Crippen LogP contribution is -2.42. The first kappa shape index (κ1) is 24.7. The molecule has 10 heteroatoms. The number of benzene rings is 1. The molecule has 198 valence electrons. The van der Waals surface area contributed by atoms with Crippen molar-refractivity contribution in [3.63, 3.8) is 0 Å². The predicted molar refractivity (Wildman–Crippen MR) is 144 cm³/mol. The Morgan fingerprint density at radius 2 is 1.97 bits per heavy atom. The summed E-state index contributed by atoms with van der Waals surface area (Å²) < 4.78 is 18.0. The average Bonchev–Trinajstić information content (AvgIpc) is 3.62. The van der Waals surface area contributed by atoms with Crippen LogP contribution in [0.4, 0.5) is 16.0 Å². The minimum Gasteiger partial charge on any atom is -0.395 e. The van der Waals surface area contributed by atoms with Gasteiger partial charge in [-0.25, -0.2) is 23.7 Å². The lowest BCUT2D eigenvalue weighted by Gasteiger charge is -2.34. The zero-order valence-corrected chi connectivity index (χ0v) is 22.0. The van der Waals surface area contributed by atoms with Crippen molar-refractivity contribution in [2.24, 2.45) is 0 Å². The highest BCUT2D eigenvalue weighted by Gasteiger charge is 2.47. The van der Waals surface area contributed by atoms with Gasteiger partial charge < -0.3 is 15.7 Å². The van der Waals surface area contributed by atoms with E-state index in [9.17, 15) is 14.3 Å². The first-order chi connectivity index (χ1) is 18.1. The van der Waals surface area contributed by atoms with Gasteiger partial charge in [0.25, 0.3) is 5.56 Å². The summed E-state index contributed by atoms with van der Waals surface area (Å²) in [4.78, 5) is 27.1. The Bertz CT molecular complexity index is 1620. The van der Waals surface area contributed by atoms with E-state index in [2.05, 4.69) is 46.6 Å². The van der Waals surface area contributed by atoms with Crippen molar-refractivity contribution in [3.8, 4) is 5.82 Å². The van der Waals surface area contributed by atoms with Gasteiger partial charge in [0.1, 0.15) is 11.2 Å². The molecule has 0 bridgehead atoms. The number of halogens is 1. The van der Waals surface area contributed by atoms with Gasteiger partial charge in [-0.05, 0) is 88.9 Å². The van der Waals surface area contributed by atoms with Crippen LogP contribution in [0, 0.1) is 5.82 Å². The molecule has 2 aliphatic rings. The Labute approximate surface area is 219 Å². The molecule has 0 spiro atoms. The van der Waals surface area contributed by atoms with Crippen LogP contribution in [0.3, 0.4) is 0 Å². The van der Waals surface area contributed by atoms with E-state index in [1.165, 1.54) is 23.4 Å². The smallest absolute Gasteiger partial charge is 0.278 e. The molecule has 0 amide bonds. The van der Waals surface area contributed by atoms with Gasteiger partial charge in [-0.2, -0.15) is 4.98 Å². The molecule has 0 radical (unpaired) electrons. The fourth-order valence-electron chi connectivity index (χ4n) is 5.51. The van der Waals surface area contributed by atoms with Crippen LogP contribution in [0.15, 0.2) is 41.3 Å². The van der Waals surface area contributed by atoms with Gasteiger partial charge in [0.2, 0.25) is 5.95 Å². The van der Waals surface area contributed by atoms with Gasteiger partial charge >= 0.3 is 0 Å². The molecule has 1 aromatic carbocycles. The number of hydrogen-bond donors (Lipinski definition) is 3. The second-order valence-electron chi connectivity index (χ2n) is 11.2. The summed E-state index contributed by atoms with van der Waals surface area (Å²) in [7, 11) is 0. The van der Waals surface area contributed by atoms with Gasteiger partial charge in [0, 0.05) is 28.9 Å². The summed E-state index contributed by atoms with van der Waals surface area (Å²) in [5.41, 5.74) is 2.99. The second kappa shape index (κ2) is 8.71. The van der Waals surface area contributed by atoms with Crippen LogP contribution in [0.2, 0.25) is 0 Å². The number of pyridine rings is 1. The van der Waals surface area contributed by atoms with Gasteiger partial charge in [0.15, 0.2) is 11.5 Å². The molecular formula is C28H32FN7O2. The summed E-state index contributed by atoms with van der Waals surface area (Å²) in [6, 6.07) is 8.91. The van der Waals surface area contributed by atoms with Crippen LogP contribution in [0.25, 0.3) is 16.9 Å². The Kier molecular flexibility index (Phi) is 5.66. The number of rotatable bonds is 6. The van der Waals surface area contributed by atoms with E-state index in [0.29, 0.717) is 35.6 Å². The van der Waals surface area contributed by atoms with Crippen molar-refractivity contribution in [2.45, 2.75) is 64.0 Å². The number of anilines is 2. The molecule has 1 fully saturated rings. The lowest BCUT2D eigenvalue weighted by atomic mass is 9.85. The molecule has 3 aromatic heterocycles. The SMILES string of the molecule is CC(C)n1c(=O)c2cnc(Nc3ccc4c(c3)CCNC4(C)C)nc2n1-c1ccc(F)c(C2(CO)CC2)n1. The molecule has 4 heterocycles. The van der Waals surface area contributed by atoms with Crippen LogP contribution >= 0.6 is 0 Å². The maximum atomic E-state index is 14.8. The number of hydrogen-bond acceptors (Lipinski definition) is 7. The standard InChI is InChI=1S/C28H32FN7O2/c1-16(2)35-25(38)19-14-30-26(32-18-5-6-20-17(13-18)9-12-31-27(20,3)4)34-24(19)36(35)22-8-7-21(29)23(33-22)28(15-37)10-11-28/h5-8,13-14,16,31,37H,9-12,15H2,1-4H3,(H,30,32,34). The predicted octanol–water partition coefficient (Wildman–Crippen LogP) is 3.85. The van der Waals surface area contributed by atoms with E-state index in [-0.39, 0.29) is 29.4 Å². The Morgan fingerprint density at radius 1 is 1.18 bits per heavy atom. The third-order valence-corrected chi connectivity index (χ3v) is 7.82. The third kappa shape index (κ3) is 3.90. The molecule has 4 aromatic rings. The van der Waals surface area contributed by atoms with Gasteiger partial charge in [-0.3, -0.25) is 4.79 Å². The van der Waals surface area contributed by atoms with Gasteiger partial charge in [-0.15, -0.1) is 0 Å². The third-order valence-electron chi connectivity index (χ3n) is 7.82. The molecule has 38 heavy (non-hydrogen) atoms. The summed E-state index contributed by atoms with van der Waals surface area (Å²) >= 11 is 0. The molecule has 0 unspecified atom stereocenters. The first-order valence-electron chi connectivity index (χ1n) is 13.1. The van der Waals surface area contributed by atoms with E-state index < -0.39 is 11.2 Å². The summed E-state index contributed by atoms with van der Waals surface area (Å²) in [6.07, 6.45) is 3.79. The van der Waals surface area contributed by atoms with Crippen LogP contribution in [-0.2, 0) is 17.4 Å². The number of nitrogens with one attached hydrogen (secondary N) is 2. The number of aliphatic hydroxyl groups is 1. The van der Waals surface area contributed by atoms with Crippen molar-refractivity contribution in [1.29, 1.82) is 0 Å².